The molecular formula is C18H23NO. The first kappa shape index (κ1) is 14.6. The van der Waals surface area contributed by atoms with Crippen LogP contribution in [0.15, 0.2) is 48.5 Å². The average molecular weight is 269 g/mol. The van der Waals surface area contributed by atoms with Crippen LogP contribution in [-0.4, -0.2) is 7.05 Å². The van der Waals surface area contributed by atoms with Gasteiger partial charge in [0.05, 0.1) is 0 Å². The highest BCUT2D eigenvalue weighted by atomic mass is 16.5. The summed E-state index contributed by atoms with van der Waals surface area (Å²) in [5, 5.41) is 3.13. The number of nitrogens with one attached hydrogen (secondary N) is 1. The van der Waals surface area contributed by atoms with E-state index >= 15 is 0 Å². The molecule has 2 rings (SSSR count). The standard InChI is InChI=1S/C18H23NO/c1-14(2)17-8-4-16(5-9-17)13-20-18-10-6-15(7-11-18)12-19-3/h4-11,14,19H,12-13H2,1-3H3. The molecule has 0 unspecified atom stereocenters. The van der Waals surface area contributed by atoms with Crippen LogP contribution in [0, 0.1) is 0 Å². The van der Waals surface area contributed by atoms with Crippen LogP contribution in [0.2, 0.25) is 0 Å². The Balaban J connectivity index is 1.91. The highest BCUT2D eigenvalue weighted by Gasteiger charge is 2.00. The summed E-state index contributed by atoms with van der Waals surface area (Å²) >= 11 is 0. The molecule has 2 aromatic rings. The van der Waals surface area contributed by atoms with Gasteiger partial charge < -0.3 is 10.1 Å². The second-order valence-electron chi connectivity index (χ2n) is 5.36. The quantitative estimate of drug-likeness (QED) is 0.852. The van der Waals surface area contributed by atoms with Crippen LogP contribution in [-0.2, 0) is 13.2 Å². The highest BCUT2D eigenvalue weighted by Crippen LogP contribution is 2.17. The fourth-order valence-electron chi connectivity index (χ4n) is 2.07. The van der Waals surface area contributed by atoms with Gasteiger partial charge >= 0.3 is 0 Å². The van der Waals surface area contributed by atoms with Crippen molar-refractivity contribution >= 4 is 0 Å². The van der Waals surface area contributed by atoms with Gasteiger partial charge in [-0.25, -0.2) is 0 Å². The van der Waals surface area contributed by atoms with Crippen molar-refractivity contribution in [2.45, 2.75) is 32.9 Å². The molecule has 0 saturated heterocycles. The Bertz CT molecular complexity index is 514. The summed E-state index contributed by atoms with van der Waals surface area (Å²) in [4.78, 5) is 0. The van der Waals surface area contributed by atoms with Gasteiger partial charge in [-0.3, -0.25) is 0 Å². The Morgan fingerprint density at radius 3 is 2.05 bits per heavy atom. The minimum absolute atomic E-state index is 0.574. The van der Waals surface area contributed by atoms with Crippen molar-refractivity contribution < 1.29 is 4.74 Å². The molecule has 2 heteroatoms. The maximum absolute atomic E-state index is 5.81. The van der Waals surface area contributed by atoms with E-state index in [1.54, 1.807) is 0 Å². The summed E-state index contributed by atoms with van der Waals surface area (Å²) in [6.07, 6.45) is 0. The van der Waals surface area contributed by atoms with Crippen LogP contribution in [0.1, 0.15) is 36.5 Å². The van der Waals surface area contributed by atoms with Gasteiger partial charge in [0.1, 0.15) is 12.4 Å². The lowest BCUT2D eigenvalue weighted by atomic mass is 10.0. The molecule has 106 valence electrons. The first-order valence-corrected chi connectivity index (χ1v) is 7.14. The van der Waals surface area contributed by atoms with Crippen molar-refractivity contribution in [1.29, 1.82) is 0 Å². The number of hydrogen-bond acceptors (Lipinski definition) is 2. The molecule has 0 aliphatic carbocycles. The van der Waals surface area contributed by atoms with Crippen molar-refractivity contribution in [2.75, 3.05) is 7.05 Å². The van der Waals surface area contributed by atoms with Crippen molar-refractivity contribution in [3.8, 4) is 5.75 Å². The molecule has 2 nitrogen and oxygen atoms in total. The first-order chi connectivity index (χ1) is 9.69. The van der Waals surface area contributed by atoms with Gasteiger partial charge in [-0.1, -0.05) is 50.2 Å². The third-order valence-corrected chi connectivity index (χ3v) is 3.36. The second-order valence-corrected chi connectivity index (χ2v) is 5.36. The molecule has 2 aromatic carbocycles. The largest absolute Gasteiger partial charge is 0.489 e. The molecular weight excluding hydrogens is 246 g/mol. The Morgan fingerprint density at radius 1 is 0.900 bits per heavy atom. The lowest BCUT2D eigenvalue weighted by Crippen LogP contribution is -2.04. The number of rotatable bonds is 6. The third-order valence-electron chi connectivity index (χ3n) is 3.36. The normalized spacial score (nSPS) is 10.8. The van der Waals surface area contributed by atoms with Crippen molar-refractivity contribution in [2.24, 2.45) is 0 Å². The van der Waals surface area contributed by atoms with E-state index in [-0.39, 0.29) is 0 Å². The van der Waals surface area contributed by atoms with Crippen molar-refractivity contribution in [1.82, 2.24) is 5.32 Å². The molecule has 20 heavy (non-hydrogen) atoms. The summed E-state index contributed by atoms with van der Waals surface area (Å²) in [5.41, 5.74) is 3.83. The Labute approximate surface area is 121 Å². The summed E-state index contributed by atoms with van der Waals surface area (Å²) in [5.74, 6) is 1.49. The summed E-state index contributed by atoms with van der Waals surface area (Å²) in [6, 6.07) is 16.9. The predicted molar refractivity (Wildman–Crippen MR) is 84.1 cm³/mol. The Morgan fingerprint density at radius 2 is 1.50 bits per heavy atom. The van der Waals surface area contributed by atoms with Crippen LogP contribution in [0.25, 0.3) is 0 Å². The summed E-state index contributed by atoms with van der Waals surface area (Å²) in [6.45, 7) is 5.91. The monoisotopic (exact) mass is 269 g/mol. The van der Waals surface area contributed by atoms with E-state index in [4.69, 9.17) is 4.74 Å². The maximum Gasteiger partial charge on any atom is 0.119 e. The Hall–Kier alpha value is -1.80. The molecule has 0 aromatic heterocycles. The lowest BCUT2D eigenvalue weighted by molar-refractivity contribution is 0.306. The molecule has 0 aliphatic heterocycles. The molecule has 0 fully saturated rings. The smallest absolute Gasteiger partial charge is 0.119 e. The minimum Gasteiger partial charge on any atom is -0.489 e. The van der Waals surface area contributed by atoms with Crippen molar-refractivity contribution in [3.63, 3.8) is 0 Å². The van der Waals surface area contributed by atoms with E-state index < -0.39 is 0 Å². The van der Waals surface area contributed by atoms with Crippen LogP contribution < -0.4 is 10.1 Å². The van der Waals surface area contributed by atoms with Crippen molar-refractivity contribution in [3.05, 3.63) is 65.2 Å². The van der Waals surface area contributed by atoms with Crippen LogP contribution >= 0.6 is 0 Å². The zero-order valence-electron chi connectivity index (χ0n) is 12.5. The van der Waals surface area contributed by atoms with E-state index in [9.17, 15) is 0 Å². The van der Waals surface area contributed by atoms with E-state index in [1.165, 1.54) is 16.7 Å². The molecule has 0 bridgehead atoms. The van der Waals surface area contributed by atoms with E-state index in [2.05, 4.69) is 55.6 Å². The number of benzene rings is 2. The van der Waals surface area contributed by atoms with Gasteiger partial charge in [-0.05, 0) is 41.8 Å². The molecule has 0 amide bonds. The van der Waals surface area contributed by atoms with Crippen LogP contribution in [0.5, 0.6) is 5.75 Å². The van der Waals surface area contributed by atoms with Crippen LogP contribution in [0.3, 0.4) is 0 Å². The summed E-state index contributed by atoms with van der Waals surface area (Å²) in [7, 11) is 1.95. The van der Waals surface area contributed by atoms with Gasteiger partial charge in [0.2, 0.25) is 0 Å². The molecule has 0 aliphatic rings. The van der Waals surface area contributed by atoms with Gasteiger partial charge in [0.25, 0.3) is 0 Å². The minimum atomic E-state index is 0.574. The molecule has 0 radical (unpaired) electrons. The van der Waals surface area contributed by atoms with Crippen LogP contribution in [0.4, 0.5) is 0 Å². The predicted octanol–water partition coefficient (Wildman–Crippen LogP) is 4.11. The fraction of sp³-hybridized carbons (Fsp3) is 0.333. The van der Waals surface area contributed by atoms with Gasteiger partial charge in [0, 0.05) is 6.54 Å². The van der Waals surface area contributed by atoms with Gasteiger partial charge in [0.15, 0.2) is 0 Å². The fourth-order valence-corrected chi connectivity index (χ4v) is 2.07. The lowest BCUT2D eigenvalue weighted by Gasteiger charge is -2.09. The average Bonchev–Trinajstić information content (AvgIpc) is 2.47. The zero-order chi connectivity index (χ0) is 14.4. The van der Waals surface area contributed by atoms with E-state index in [1.807, 2.05) is 19.2 Å². The van der Waals surface area contributed by atoms with Gasteiger partial charge in [-0.15, -0.1) is 0 Å². The highest BCUT2D eigenvalue weighted by molar-refractivity contribution is 5.28. The Kier molecular flexibility index (Phi) is 5.19. The van der Waals surface area contributed by atoms with E-state index in [0.29, 0.717) is 12.5 Å². The maximum atomic E-state index is 5.81. The first-order valence-electron chi connectivity index (χ1n) is 7.14. The van der Waals surface area contributed by atoms with Gasteiger partial charge in [-0.2, -0.15) is 0 Å². The van der Waals surface area contributed by atoms with E-state index in [0.717, 1.165) is 12.3 Å². The molecule has 0 heterocycles. The zero-order valence-corrected chi connectivity index (χ0v) is 12.5. The number of hydrogen-bond donors (Lipinski definition) is 1. The third kappa shape index (κ3) is 4.10. The topological polar surface area (TPSA) is 21.3 Å². The second kappa shape index (κ2) is 7.11. The molecule has 0 spiro atoms. The number of ether oxygens (including phenoxy) is 1. The summed E-state index contributed by atoms with van der Waals surface area (Å²) < 4.78 is 5.81. The molecule has 0 saturated carbocycles. The molecule has 1 N–H and O–H groups in total. The molecule has 0 atom stereocenters. The SMILES string of the molecule is CNCc1ccc(OCc2ccc(C(C)C)cc2)cc1.